The van der Waals surface area contributed by atoms with Crippen LogP contribution in [0.5, 0.6) is 5.75 Å². The van der Waals surface area contributed by atoms with E-state index in [1.165, 1.54) is 25.7 Å². The molecule has 1 aliphatic heterocycles. The third-order valence-electron chi connectivity index (χ3n) is 5.34. The third kappa shape index (κ3) is 6.08. The van der Waals surface area contributed by atoms with Crippen molar-refractivity contribution >= 4 is 23.1 Å². The van der Waals surface area contributed by atoms with Gasteiger partial charge < -0.3 is 15.0 Å². The third-order valence-corrected chi connectivity index (χ3v) is 5.34. The lowest BCUT2D eigenvalue weighted by Crippen LogP contribution is -2.25. The normalized spacial score (nSPS) is 14.2. The average molecular weight is 395 g/mol. The van der Waals surface area contributed by atoms with E-state index >= 15 is 0 Å². The Bertz CT molecular complexity index is 809. The summed E-state index contributed by atoms with van der Waals surface area (Å²) in [5, 5.41) is 3.05. The molecule has 0 radical (unpaired) electrons. The molecule has 2 aromatic carbocycles. The summed E-state index contributed by atoms with van der Waals surface area (Å²) in [5.74, 6) is 0.726. The Kier molecular flexibility index (Phi) is 7.68. The smallest absolute Gasteiger partial charge is 0.224 e. The molecule has 154 valence electrons. The van der Waals surface area contributed by atoms with E-state index in [0.717, 1.165) is 30.2 Å². The first-order valence-electron chi connectivity index (χ1n) is 10.5. The zero-order valence-electron chi connectivity index (χ0n) is 17.2. The van der Waals surface area contributed by atoms with Crippen molar-refractivity contribution in [1.29, 1.82) is 0 Å². The number of nitrogens with one attached hydrogen (secondary N) is 1. The van der Waals surface area contributed by atoms with Gasteiger partial charge in [0.1, 0.15) is 5.75 Å². The highest BCUT2D eigenvalue weighted by atomic mass is 16.5. The van der Waals surface area contributed by atoms with Crippen molar-refractivity contribution < 1.29 is 14.3 Å². The summed E-state index contributed by atoms with van der Waals surface area (Å²) in [7, 11) is 1.60. The molecule has 3 rings (SSSR count). The van der Waals surface area contributed by atoms with Crippen LogP contribution in [0.15, 0.2) is 48.5 Å². The summed E-state index contributed by atoms with van der Waals surface area (Å²) in [5.41, 5.74) is 2.61. The number of ketones is 1. The van der Waals surface area contributed by atoms with Crippen LogP contribution in [-0.4, -0.2) is 31.9 Å². The van der Waals surface area contributed by atoms with Gasteiger partial charge in [0.05, 0.1) is 18.5 Å². The fourth-order valence-corrected chi connectivity index (χ4v) is 3.71. The van der Waals surface area contributed by atoms with Crippen LogP contribution < -0.4 is 15.0 Å². The predicted molar refractivity (Wildman–Crippen MR) is 117 cm³/mol. The van der Waals surface area contributed by atoms with Crippen molar-refractivity contribution in [3.8, 4) is 5.75 Å². The molecule has 29 heavy (non-hydrogen) atoms. The minimum Gasteiger partial charge on any atom is -0.497 e. The molecule has 2 aromatic rings. The second kappa shape index (κ2) is 10.6. The highest BCUT2D eigenvalue weighted by Gasteiger charge is 2.15. The van der Waals surface area contributed by atoms with Gasteiger partial charge >= 0.3 is 0 Å². The Morgan fingerprint density at radius 3 is 2.31 bits per heavy atom. The van der Waals surface area contributed by atoms with E-state index in [1.807, 2.05) is 18.2 Å². The Labute approximate surface area is 173 Å². The van der Waals surface area contributed by atoms with Crippen LogP contribution in [0.4, 0.5) is 11.4 Å². The second-order valence-corrected chi connectivity index (χ2v) is 7.47. The van der Waals surface area contributed by atoms with Crippen molar-refractivity contribution in [2.45, 2.75) is 44.9 Å². The zero-order valence-corrected chi connectivity index (χ0v) is 17.2. The van der Waals surface area contributed by atoms with Gasteiger partial charge in [0.2, 0.25) is 5.91 Å². The summed E-state index contributed by atoms with van der Waals surface area (Å²) in [6, 6.07) is 15.1. The monoisotopic (exact) mass is 394 g/mol. The molecule has 1 fully saturated rings. The molecule has 1 amide bonds. The molecular formula is C24H30N2O3. The van der Waals surface area contributed by atoms with Crippen LogP contribution in [0.3, 0.4) is 0 Å². The summed E-state index contributed by atoms with van der Waals surface area (Å²) in [6.45, 7) is 2.06. The number of ether oxygens (including phenoxy) is 1. The van der Waals surface area contributed by atoms with Gasteiger partial charge in [-0.05, 0) is 55.7 Å². The maximum Gasteiger partial charge on any atom is 0.224 e. The first-order chi connectivity index (χ1) is 14.2. The molecule has 0 atom stereocenters. The Balaban J connectivity index is 1.51. The van der Waals surface area contributed by atoms with E-state index in [-0.39, 0.29) is 11.7 Å². The fraction of sp³-hybridized carbons (Fsp3) is 0.417. The van der Waals surface area contributed by atoms with Crippen LogP contribution in [0.25, 0.3) is 0 Å². The van der Waals surface area contributed by atoms with Gasteiger partial charge in [0.25, 0.3) is 0 Å². The van der Waals surface area contributed by atoms with E-state index in [9.17, 15) is 9.59 Å². The number of carbonyl (C=O) groups excluding carboxylic acids is 2. The number of benzene rings is 2. The first-order valence-corrected chi connectivity index (χ1v) is 10.5. The van der Waals surface area contributed by atoms with Crippen LogP contribution >= 0.6 is 0 Å². The van der Waals surface area contributed by atoms with Crippen LogP contribution in [-0.2, 0) is 4.79 Å². The number of carbonyl (C=O) groups is 2. The summed E-state index contributed by atoms with van der Waals surface area (Å²) >= 11 is 0. The Morgan fingerprint density at radius 2 is 1.62 bits per heavy atom. The number of Topliss-reactive ketones (excluding diaryl/α,β-unsaturated/α-hetero) is 1. The molecule has 1 aliphatic rings. The number of anilines is 2. The minimum atomic E-state index is -0.0465. The van der Waals surface area contributed by atoms with E-state index in [1.54, 1.807) is 31.4 Å². The summed E-state index contributed by atoms with van der Waals surface area (Å²) in [4.78, 5) is 27.1. The standard InChI is InChI=1S/C24H30N2O3/c1-29-20-15-13-19(14-16-20)23(27)11-8-12-24(28)25-21-9-4-5-10-22(21)26-17-6-2-3-7-18-26/h4-5,9-10,13-16H,2-3,6-8,11-12,17-18H2,1H3,(H,25,28). The lowest BCUT2D eigenvalue weighted by molar-refractivity contribution is -0.116. The van der Waals surface area contributed by atoms with Crippen molar-refractivity contribution in [2.24, 2.45) is 0 Å². The van der Waals surface area contributed by atoms with Gasteiger partial charge in [-0.1, -0.05) is 25.0 Å². The molecule has 0 aromatic heterocycles. The van der Waals surface area contributed by atoms with Gasteiger partial charge in [-0.2, -0.15) is 0 Å². The molecule has 0 spiro atoms. The van der Waals surface area contributed by atoms with Crippen molar-refractivity contribution in [2.75, 3.05) is 30.4 Å². The molecular weight excluding hydrogens is 364 g/mol. The van der Waals surface area contributed by atoms with Crippen molar-refractivity contribution in [3.05, 3.63) is 54.1 Å². The number of hydrogen-bond acceptors (Lipinski definition) is 4. The lowest BCUT2D eigenvalue weighted by atomic mass is 10.1. The van der Waals surface area contributed by atoms with E-state index in [0.29, 0.717) is 24.8 Å². The molecule has 5 heteroatoms. The average Bonchev–Trinajstić information content (AvgIpc) is 3.03. The first kappa shape index (κ1) is 20.9. The van der Waals surface area contributed by atoms with Gasteiger partial charge in [0, 0.05) is 31.5 Å². The number of nitrogens with zero attached hydrogens (tertiary/aromatic N) is 1. The lowest BCUT2D eigenvalue weighted by Gasteiger charge is -2.25. The van der Waals surface area contributed by atoms with E-state index in [4.69, 9.17) is 4.74 Å². The highest BCUT2D eigenvalue weighted by molar-refractivity contribution is 5.97. The minimum absolute atomic E-state index is 0.0465. The fourth-order valence-electron chi connectivity index (χ4n) is 3.71. The summed E-state index contributed by atoms with van der Waals surface area (Å²) < 4.78 is 5.11. The molecule has 0 bridgehead atoms. The Hall–Kier alpha value is -2.82. The number of para-hydroxylation sites is 2. The van der Waals surface area contributed by atoms with Crippen molar-refractivity contribution in [3.63, 3.8) is 0 Å². The highest BCUT2D eigenvalue weighted by Crippen LogP contribution is 2.28. The Morgan fingerprint density at radius 1 is 0.931 bits per heavy atom. The largest absolute Gasteiger partial charge is 0.497 e. The number of hydrogen-bond donors (Lipinski definition) is 1. The molecule has 1 heterocycles. The number of methoxy groups -OCH3 is 1. The molecule has 1 N–H and O–H groups in total. The SMILES string of the molecule is COc1ccc(C(=O)CCCC(=O)Nc2ccccc2N2CCCCCC2)cc1. The molecule has 0 unspecified atom stereocenters. The molecule has 1 saturated heterocycles. The number of amides is 1. The van der Waals surface area contributed by atoms with Gasteiger partial charge in [-0.15, -0.1) is 0 Å². The van der Waals surface area contributed by atoms with Crippen LogP contribution in [0.2, 0.25) is 0 Å². The molecule has 5 nitrogen and oxygen atoms in total. The van der Waals surface area contributed by atoms with Gasteiger partial charge in [-0.25, -0.2) is 0 Å². The van der Waals surface area contributed by atoms with Crippen LogP contribution in [0, 0.1) is 0 Å². The number of rotatable bonds is 8. The van der Waals surface area contributed by atoms with Crippen molar-refractivity contribution in [1.82, 2.24) is 0 Å². The zero-order chi connectivity index (χ0) is 20.5. The maximum absolute atomic E-state index is 12.5. The van der Waals surface area contributed by atoms with Gasteiger partial charge in [0.15, 0.2) is 5.78 Å². The maximum atomic E-state index is 12.5. The quantitative estimate of drug-likeness (QED) is 0.635. The topological polar surface area (TPSA) is 58.6 Å². The molecule has 0 aliphatic carbocycles. The van der Waals surface area contributed by atoms with E-state index in [2.05, 4.69) is 16.3 Å². The predicted octanol–water partition coefficient (Wildman–Crippen LogP) is 5.07. The second-order valence-electron chi connectivity index (χ2n) is 7.47. The van der Waals surface area contributed by atoms with E-state index < -0.39 is 0 Å². The summed E-state index contributed by atoms with van der Waals surface area (Å²) in [6.07, 6.45) is 6.14. The van der Waals surface area contributed by atoms with Crippen LogP contribution in [0.1, 0.15) is 55.3 Å². The molecule has 0 saturated carbocycles. The van der Waals surface area contributed by atoms with Gasteiger partial charge in [-0.3, -0.25) is 9.59 Å².